The molecule has 0 heterocycles. The number of halogens is 1. The quantitative estimate of drug-likeness (QED) is 0.253. The van der Waals surface area contributed by atoms with Crippen molar-refractivity contribution in [1.29, 1.82) is 0 Å². The molecular weight excluding hydrogens is 432 g/mol. The highest BCUT2D eigenvalue weighted by atomic mass is 79.9. The number of rotatable bonds is 7. The van der Waals surface area contributed by atoms with Crippen molar-refractivity contribution >= 4 is 27.7 Å². The molecule has 0 atom stereocenters. The maximum Gasteiger partial charge on any atom is 0.347 e. The maximum absolute atomic E-state index is 12.7. The van der Waals surface area contributed by atoms with Gasteiger partial charge < -0.3 is 9.47 Å². The average molecular weight is 453 g/mol. The van der Waals surface area contributed by atoms with Crippen LogP contribution in [-0.4, -0.2) is 18.4 Å². The lowest BCUT2D eigenvalue weighted by atomic mass is 10.0. The molecule has 5 heteroatoms. The summed E-state index contributed by atoms with van der Waals surface area (Å²) in [5.41, 5.74) is 1.47. The Morgan fingerprint density at radius 2 is 1.55 bits per heavy atom. The summed E-state index contributed by atoms with van der Waals surface area (Å²) in [7, 11) is 0. The number of ether oxygens (including phenoxy) is 2. The molecule has 0 fully saturated rings. The monoisotopic (exact) mass is 452 g/mol. The summed E-state index contributed by atoms with van der Waals surface area (Å²) in [6.07, 6.45) is 0. The highest BCUT2D eigenvalue weighted by Crippen LogP contribution is 2.26. The molecule has 3 aromatic rings. The second-order valence-electron chi connectivity index (χ2n) is 6.95. The minimum Gasteiger partial charge on any atom is -0.492 e. The minimum atomic E-state index is -0.521. The van der Waals surface area contributed by atoms with E-state index in [1.807, 2.05) is 38.1 Å². The van der Waals surface area contributed by atoms with E-state index in [-0.39, 0.29) is 5.78 Å². The number of hydrogen-bond donors (Lipinski definition) is 0. The van der Waals surface area contributed by atoms with E-state index in [1.165, 1.54) is 0 Å². The topological polar surface area (TPSA) is 52.6 Å². The SMILES string of the molecule is CC(C)COc1ccc(Br)cc1C(=O)Oc1ccc(C(=O)c2ccccc2)cc1. The van der Waals surface area contributed by atoms with Gasteiger partial charge in [0.15, 0.2) is 5.78 Å². The van der Waals surface area contributed by atoms with Crippen LogP contribution < -0.4 is 9.47 Å². The number of carbonyl (C=O) groups is 2. The second kappa shape index (κ2) is 9.52. The Morgan fingerprint density at radius 1 is 0.897 bits per heavy atom. The van der Waals surface area contributed by atoms with Gasteiger partial charge in [0.1, 0.15) is 17.1 Å². The van der Waals surface area contributed by atoms with Crippen LogP contribution in [0.5, 0.6) is 11.5 Å². The molecule has 148 valence electrons. The first kappa shape index (κ1) is 20.8. The molecule has 4 nitrogen and oxygen atoms in total. The number of ketones is 1. The van der Waals surface area contributed by atoms with Gasteiger partial charge in [-0.2, -0.15) is 0 Å². The zero-order valence-corrected chi connectivity index (χ0v) is 17.8. The van der Waals surface area contributed by atoms with Gasteiger partial charge in [-0.3, -0.25) is 4.79 Å². The van der Waals surface area contributed by atoms with Gasteiger partial charge >= 0.3 is 5.97 Å². The molecule has 29 heavy (non-hydrogen) atoms. The average Bonchev–Trinajstić information content (AvgIpc) is 2.73. The van der Waals surface area contributed by atoms with Crippen LogP contribution in [0.1, 0.15) is 40.1 Å². The lowest BCUT2D eigenvalue weighted by Crippen LogP contribution is -2.13. The molecule has 0 unspecified atom stereocenters. The van der Waals surface area contributed by atoms with Gasteiger partial charge in [0, 0.05) is 15.6 Å². The number of carbonyl (C=O) groups excluding carboxylic acids is 2. The molecule has 0 radical (unpaired) electrons. The van der Waals surface area contributed by atoms with Gasteiger partial charge in [0.25, 0.3) is 0 Å². The van der Waals surface area contributed by atoms with Crippen molar-refractivity contribution in [1.82, 2.24) is 0 Å². The van der Waals surface area contributed by atoms with Crippen LogP contribution in [0.4, 0.5) is 0 Å². The van der Waals surface area contributed by atoms with Crippen molar-refractivity contribution in [2.75, 3.05) is 6.61 Å². The highest BCUT2D eigenvalue weighted by molar-refractivity contribution is 9.10. The Hall–Kier alpha value is -2.92. The lowest BCUT2D eigenvalue weighted by Gasteiger charge is -2.13. The van der Waals surface area contributed by atoms with E-state index in [4.69, 9.17) is 9.47 Å². The zero-order valence-electron chi connectivity index (χ0n) is 16.2. The fourth-order valence-electron chi connectivity index (χ4n) is 2.64. The van der Waals surface area contributed by atoms with Crippen molar-refractivity contribution in [3.63, 3.8) is 0 Å². The first-order valence-corrected chi connectivity index (χ1v) is 10.1. The number of esters is 1. The molecule has 0 bridgehead atoms. The summed E-state index contributed by atoms with van der Waals surface area (Å²) in [5.74, 6) is 0.557. The molecule has 0 aliphatic heterocycles. The van der Waals surface area contributed by atoms with Crippen molar-refractivity contribution < 1.29 is 19.1 Å². The van der Waals surface area contributed by atoms with Crippen molar-refractivity contribution in [3.05, 3.63) is 94.0 Å². The van der Waals surface area contributed by atoms with Crippen molar-refractivity contribution in [2.45, 2.75) is 13.8 Å². The smallest absolute Gasteiger partial charge is 0.347 e. The van der Waals surface area contributed by atoms with Gasteiger partial charge in [0.2, 0.25) is 0 Å². The fraction of sp³-hybridized carbons (Fsp3) is 0.167. The first-order chi connectivity index (χ1) is 13.9. The van der Waals surface area contributed by atoms with Crippen molar-refractivity contribution in [2.24, 2.45) is 5.92 Å². The first-order valence-electron chi connectivity index (χ1n) is 9.28. The molecule has 0 aliphatic rings. The van der Waals surface area contributed by atoms with Gasteiger partial charge in [-0.15, -0.1) is 0 Å². The third-order valence-corrected chi connectivity index (χ3v) is 4.59. The largest absolute Gasteiger partial charge is 0.492 e. The van der Waals surface area contributed by atoms with Crippen molar-refractivity contribution in [3.8, 4) is 11.5 Å². The molecule has 3 aromatic carbocycles. The molecule has 0 aromatic heterocycles. The van der Waals surface area contributed by atoms with Gasteiger partial charge in [-0.05, 0) is 48.4 Å². The van der Waals surface area contributed by atoms with E-state index in [2.05, 4.69) is 15.9 Å². The van der Waals surface area contributed by atoms with E-state index in [0.29, 0.717) is 40.7 Å². The zero-order chi connectivity index (χ0) is 20.8. The fourth-order valence-corrected chi connectivity index (χ4v) is 3.00. The van der Waals surface area contributed by atoms with E-state index in [1.54, 1.807) is 48.5 Å². The van der Waals surface area contributed by atoms with Crippen LogP contribution in [0.25, 0.3) is 0 Å². The molecule has 0 saturated heterocycles. The third kappa shape index (κ3) is 5.55. The van der Waals surface area contributed by atoms with E-state index in [9.17, 15) is 9.59 Å². The van der Waals surface area contributed by atoms with Crippen LogP contribution in [0.15, 0.2) is 77.3 Å². The normalized spacial score (nSPS) is 10.6. The van der Waals surface area contributed by atoms with Crippen LogP contribution >= 0.6 is 15.9 Å². The predicted octanol–water partition coefficient (Wildman–Crippen LogP) is 5.93. The van der Waals surface area contributed by atoms with E-state index >= 15 is 0 Å². The second-order valence-corrected chi connectivity index (χ2v) is 7.87. The summed E-state index contributed by atoms with van der Waals surface area (Å²) in [5, 5.41) is 0. The number of hydrogen-bond acceptors (Lipinski definition) is 4. The van der Waals surface area contributed by atoms with Gasteiger partial charge in [0.05, 0.1) is 6.61 Å². The maximum atomic E-state index is 12.7. The van der Waals surface area contributed by atoms with E-state index < -0.39 is 5.97 Å². The van der Waals surface area contributed by atoms with Gasteiger partial charge in [-0.25, -0.2) is 4.79 Å². The van der Waals surface area contributed by atoms with E-state index in [0.717, 1.165) is 4.47 Å². The summed E-state index contributed by atoms with van der Waals surface area (Å²) >= 11 is 3.38. The number of benzene rings is 3. The minimum absolute atomic E-state index is 0.0835. The molecule has 3 rings (SSSR count). The summed E-state index contributed by atoms with van der Waals surface area (Å²) in [6.45, 7) is 4.57. The summed E-state index contributed by atoms with van der Waals surface area (Å²) < 4.78 is 12.0. The van der Waals surface area contributed by atoms with Gasteiger partial charge in [-0.1, -0.05) is 60.1 Å². The molecule has 0 amide bonds. The van der Waals surface area contributed by atoms with Crippen LogP contribution in [0.3, 0.4) is 0 Å². The van der Waals surface area contributed by atoms with Crippen LogP contribution in [0, 0.1) is 5.92 Å². The summed E-state index contributed by atoms with van der Waals surface area (Å²) in [4.78, 5) is 25.2. The Bertz CT molecular complexity index is 995. The molecular formula is C24H21BrO4. The van der Waals surface area contributed by atoms with Crippen LogP contribution in [0.2, 0.25) is 0 Å². The Labute approximate surface area is 178 Å². The standard InChI is InChI=1S/C24H21BrO4/c1-16(2)15-28-22-13-10-19(25)14-21(22)24(27)29-20-11-8-18(9-12-20)23(26)17-6-4-3-5-7-17/h3-14,16H,15H2,1-2H3. The predicted molar refractivity (Wildman–Crippen MR) is 116 cm³/mol. The Kier molecular flexibility index (Phi) is 6.83. The molecule has 0 aliphatic carbocycles. The molecule has 0 saturated carbocycles. The summed E-state index contributed by atoms with van der Waals surface area (Å²) in [6, 6.07) is 20.8. The molecule has 0 N–H and O–H groups in total. The molecule has 0 spiro atoms. The Balaban J connectivity index is 1.74. The highest BCUT2D eigenvalue weighted by Gasteiger charge is 2.17. The van der Waals surface area contributed by atoms with Crippen LogP contribution in [-0.2, 0) is 0 Å². The lowest BCUT2D eigenvalue weighted by molar-refractivity contribution is 0.0729. The third-order valence-electron chi connectivity index (χ3n) is 4.10. The Morgan fingerprint density at radius 3 is 2.21 bits per heavy atom.